The van der Waals surface area contributed by atoms with Crippen LogP contribution in [0.4, 0.5) is 18.9 Å². The molecule has 1 saturated heterocycles. The van der Waals surface area contributed by atoms with Crippen molar-refractivity contribution in [1.82, 2.24) is 14.9 Å². The van der Waals surface area contributed by atoms with Gasteiger partial charge < -0.3 is 15.5 Å². The van der Waals surface area contributed by atoms with Crippen molar-refractivity contribution in [2.45, 2.75) is 43.8 Å². The Morgan fingerprint density at radius 2 is 1.87 bits per heavy atom. The van der Waals surface area contributed by atoms with Crippen molar-refractivity contribution in [3.05, 3.63) is 29.8 Å². The molecular formula is C19H29F3IN5O2S. The SMILES string of the molecule is CN=C(NCCN1c2ccccc2CC1C)NC1CCN(S(=O)(=O)C(F)(F)F)CC1.I. The first-order valence-corrected chi connectivity index (χ1v) is 11.5. The van der Waals surface area contributed by atoms with Gasteiger partial charge >= 0.3 is 15.5 Å². The van der Waals surface area contributed by atoms with Crippen LogP contribution in [-0.4, -0.2) is 69.5 Å². The number of fused-ring (bicyclic) bond motifs is 1. The van der Waals surface area contributed by atoms with Crippen molar-refractivity contribution in [2.24, 2.45) is 4.99 Å². The van der Waals surface area contributed by atoms with Crippen LogP contribution in [0, 0.1) is 0 Å². The molecule has 176 valence electrons. The number of hydrogen-bond donors (Lipinski definition) is 2. The maximum Gasteiger partial charge on any atom is 0.511 e. The molecule has 1 atom stereocenters. The topological polar surface area (TPSA) is 77.0 Å². The van der Waals surface area contributed by atoms with Gasteiger partial charge in [-0.3, -0.25) is 4.99 Å². The molecule has 2 aliphatic rings. The fourth-order valence-corrected chi connectivity index (χ4v) is 5.02. The standard InChI is InChI=1S/C19H28F3N5O2S.HI/c1-14-13-15-5-3-4-6-17(15)27(14)12-9-24-18(23-2)25-16-7-10-26(11-8-16)30(28,29)19(20,21)22;/h3-6,14,16H,7-13H2,1-2H3,(H2,23,24,25);1H. The minimum Gasteiger partial charge on any atom is -0.367 e. The van der Waals surface area contributed by atoms with E-state index < -0.39 is 15.5 Å². The predicted molar refractivity (Wildman–Crippen MR) is 126 cm³/mol. The van der Waals surface area contributed by atoms with Gasteiger partial charge in [-0.2, -0.15) is 17.5 Å². The van der Waals surface area contributed by atoms with Gasteiger partial charge in [0.05, 0.1) is 0 Å². The molecule has 1 fully saturated rings. The van der Waals surface area contributed by atoms with E-state index in [9.17, 15) is 21.6 Å². The molecule has 1 aromatic carbocycles. The summed E-state index contributed by atoms with van der Waals surface area (Å²) in [6, 6.07) is 8.62. The number of benzene rings is 1. The predicted octanol–water partition coefficient (Wildman–Crippen LogP) is 2.53. The van der Waals surface area contributed by atoms with Crippen molar-refractivity contribution in [1.29, 1.82) is 0 Å². The number of nitrogens with zero attached hydrogens (tertiary/aromatic N) is 3. The fourth-order valence-electron chi connectivity index (χ4n) is 4.04. The lowest BCUT2D eigenvalue weighted by atomic mass is 10.1. The smallest absolute Gasteiger partial charge is 0.367 e. The van der Waals surface area contributed by atoms with E-state index in [1.807, 2.05) is 12.1 Å². The lowest BCUT2D eigenvalue weighted by Crippen LogP contribution is -2.52. The van der Waals surface area contributed by atoms with Gasteiger partial charge in [0.15, 0.2) is 5.96 Å². The Kier molecular flexibility index (Phi) is 8.85. The van der Waals surface area contributed by atoms with E-state index >= 15 is 0 Å². The van der Waals surface area contributed by atoms with Gasteiger partial charge in [0.2, 0.25) is 0 Å². The van der Waals surface area contributed by atoms with Crippen molar-refractivity contribution in [3.63, 3.8) is 0 Å². The molecule has 0 spiro atoms. The molecule has 2 N–H and O–H groups in total. The average Bonchev–Trinajstić information content (AvgIpc) is 3.02. The summed E-state index contributed by atoms with van der Waals surface area (Å²) in [6.07, 6.45) is 1.58. The normalized spacial score (nSPS) is 20.9. The Morgan fingerprint density at radius 1 is 1.23 bits per heavy atom. The van der Waals surface area contributed by atoms with E-state index in [1.54, 1.807) is 7.05 Å². The summed E-state index contributed by atoms with van der Waals surface area (Å²) < 4.78 is 61.6. The summed E-state index contributed by atoms with van der Waals surface area (Å²) in [4.78, 5) is 6.52. The van der Waals surface area contributed by atoms with Crippen molar-refractivity contribution in [3.8, 4) is 0 Å². The molecule has 0 aliphatic carbocycles. The Morgan fingerprint density at radius 3 is 2.48 bits per heavy atom. The molecule has 2 aliphatic heterocycles. The maximum absolute atomic E-state index is 12.7. The highest BCUT2D eigenvalue weighted by Crippen LogP contribution is 2.31. The molecule has 12 heteroatoms. The van der Waals surface area contributed by atoms with Crippen LogP contribution in [0.15, 0.2) is 29.3 Å². The van der Waals surface area contributed by atoms with Gasteiger partial charge in [0.1, 0.15) is 0 Å². The Balaban J connectivity index is 0.00000341. The van der Waals surface area contributed by atoms with Gasteiger partial charge in [-0.25, -0.2) is 8.42 Å². The fraction of sp³-hybridized carbons (Fsp3) is 0.632. The van der Waals surface area contributed by atoms with Crippen LogP contribution in [0.1, 0.15) is 25.3 Å². The molecule has 0 radical (unpaired) electrons. The van der Waals surface area contributed by atoms with Crippen LogP contribution in [0.2, 0.25) is 0 Å². The van der Waals surface area contributed by atoms with Crippen LogP contribution in [0.5, 0.6) is 0 Å². The molecule has 31 heavy (non-hydrogen) atoms. The van der Waals surface area contributed by atoms with Crippen molar-refractivity contribution < 1.29 is 21.6 Å². The number of rotatable bonds is 5. The Labute approximate surface area is 198 Å². The van der Waals surface area contributed by atoms with E-state index in [1.165, 1.54) is 11.3 Å². The number of nitrogens with one attached hydrogen (secondary N) is 2. The lowest BCUT2D eigenvalue weighted by Gasteiger charge is -2.32. The largest absolute Gasteiger partial charge is 0.511 e. The van der Waals surface area contributed by atoms with Crippen LogP contribution in [0.3, 0.4) is 0 Å². The molecule has 0 bridgehead atoms. The molecule has 1 aromatic rings. The molecule has 0 saturated carbocycles. The summed E-state index contributed by atoms with van der Waals surface area (Å²) in [7, 11) is -3.62. The first-order chi connectivity index (χ1) is 14.1. The molecular weight excluding hydrogens is 546 g/mol. The number of para-hydroxylation sites is 1. The Hall–Kier alpha value is -1.28. The van der Waals surface area contributed by atoms with Gasteiger partial charge in [-0.15, -0.1) is 24.0 Å². The van der Waals surface area contributed by atoms with Gasteiger partial charge in [-0.1, -0.05) is 18.2 Å². The quantitative estimate of drug-likeness (QED) is 0.321. The van der Waals surface area contributed by atoms with E-state index in [4.69, 9.17) is 0 Å². The highest BCUT2D eigenvalue weighted by atomic mass is 127. The minimum atomic E-state index is -5.26. The zero-order valence-electron chi connectivity index (χ0n) is 17.5. The zero-order chi connectivity index (χ0) is 21.9. The molecule has 7 nitrogen and oxygen atoms in total. The number of hydrogen-bond acceptors (Lipinski definition) is 4. The van der Waals surface area contributed by atoms with Crippen LogP contribution < -0.4 is 15.5 Å². The molecule has 3 rings (SSSR count). The zero-order valence-corrected chi connectivity index (χ0v) is 20.7. The summed E-state index contributed by atoms with van der Waals surface area (Å²) >= 11 is 0. The first kappa shape index (κ1) is 26.0. The van der Waals surface area contributed by atoms with Gasteiger partial charge in [-0.05, 0) is 37.8 Å². The summed E-state index contributed by atoms with van der Waals surface area (Å²) in [5.74, 6) is 0.562. The maximum atomic E-state index is 12.7. The third kappa shape index (κ3) is 5.95. The summed E-state index contributed by atoms with van der Waals surface area (Å²) in [5.41, 5.74) is -2.67. The Bertz CT molecular complexity index is 874. The second kappa shape index (κ2) is 10.6. The third-order valence-corrected chi connectivity index (χ3v) is 7.27. The van der Waals surface area contributed by atoms with Gasteiger partial charge in [0, 0.05) is 51.0 Å². The number of piperidine rings is 1. The molecule has 1 unspecified atom stereocenters. The minimum absolute atomic E-state index is 0. The highest BCUT2D eigenvalue weighted by Gasteiger charge is 2.50. The van der Waals surface area contributed by atoms with E-state index in [-0.39, 0.29) is 55.9 Å². The van der Waals surface area contributed by atoms with Crippen LogP contribution in [0.25, 0.3) is 0 Å². The molecule has 0 aromatic heterocycles. The summed E-state index contributed by atoms with van der Waals surface area (Å²) in [6.45, 7) is 3.30. The van der Waals surface area contributed by atoms with Crippen LogP contribution >= 0.6 is 24.0 Å². The number of guanidine groups is 1. The third-order valence-electron chi connectivity index (χ3n) is 5.64. The second-order valence-corrected chi connectivity index (χ2v) is 9.57. The summed E-state index contributed by atoms with van der Waals surface area (Å²) in [5, 5.41) is 6.44. The monoisotopic (exact) mass is 575 g/mol. The van der Waals surface area contributed by atoms with Gasteiger partial charge in [0.25, 0.3) is 0 Å². The average molecular weight is 575 g/mol. The lowest BCUT2D eigenvalue weighted by molar-refractivity contribution is -0.0494. The first-order valence-electron chi connectivity index (χ1n) is 10.0. The number of aliphatic imine (C=N–C) groups is 1. The highest BCUT2D eigenvalue weighted by molar-refractivity contribution is 14.0. The number of sulfonamides is 1. The van der Waals surface area contributed by atoms with E-state index in [0.29, 0.717) is 22.9 Å². The van der Waals surface area contributed by atoms with Crippen LogP contribution in [-0.2, 0) is 16.4 Å². The molecule has 2 heterocycles. The number of halogens is 4. The van der Waals surface area contributed by atoms with E-state index in [2.05, 4.69) is 39.6 Å². The number of alkyl halides is 3. The second-order valence-electron chi connectivity index (χ2n) is 7.64. The molecule has 0 amide bonds. The van der Waals surface area contributed by atoms with Crippen molar-refractivity contribution >= 4 is 45.6 Å². The van der Waals surface area contributed by atoms with Crippen molar-refractivity contribution in [2.75, 3.05) is 38.1 Å². The van der Waals surface area contributed by atoms with E-state index in [0.717, 1.165) is 13.0 Å². The number of anilines is 1.